The van der Waals surface area contributed by atoms with Crippen LogP contribution in [0, 0.1) is 0 Å². The minimum atomic E-state index is -0.579. The van der Waals surface area contributed by atoms with Crippen molar-refractivity contribution in [1.82, 2.24) is 10.2 Å². The van der Waals surface area contributed by atoms with Crippen LogP contribution in [0.5, 0.6) is 0 Å². The van der Waals surface area contributed by atoms with Crippen LogP contribution in [0.3, 0.4) is 0 Å². The number of fused-ring (bicyclic) bond motifs is 1. The Bertz CT molecular complexity index is 897. The molecule has 7 heteroatoms. The van der Waals surface area contributed by atoms with E-state index >= 15 is 0 Å². The number of amides is 1. The molecule has 0 radical (unpaired) electrons. The van der Waals surface area contributed by atoms with Gasteiger partial charge in [-0.15, -0.1) is 12.4 Å². The second-order valence-corrected chi connectivity index (χ2v) is 7.97. The van der Waals surface area contributed by atoms with Crippen LogP contribution >= 0.6 is 12.4 Å². The zero-order valence-electron chi connectivity index (χ0n) is 17.5. The van der Waals surface area contributed by atoms with E-state index in [0.717, 1.165) is 13.0 Å². The molecule has 2 aliphatic heterocycles. The van der Waals surface area contributed by atoms with Gasteiger partial charge in [-0.1, -0.05) is 36.4 Å². The van der Waals surface area contributed by atoms with E-state index in [-0.39, 0.29) is 36.6 Å². The Morgan fingerprint density at radius 3 is 2.39 bits per heavy atom. The first-order valence-electron chi connectivity index (χ1n) is 10.6. The number of hydrogen-bond donors (Lipinski definition) is 2. The molecule has 6 nitrogen and oxygen atoms in total. The van der Waals surface area contributed by atoms with Gasteiger partial charge in [-0.05, 0) is 36.1 Å². The van der Waals surface area contributed by atoms with Crippen LogP contribution < -0.4 is 5.32 Å². The number of halogens is 1. The standard InChI is InChI=1S/C24H28N2O4.ClH/c27-22(9-10-23(28)21-15-19-3-1-2-4-20(19)16-25-21)17-5-7-18(8-6-17)24(29)26-11-13-30-14-12-26;/h1-8,21,23,25,28H,9-16H2;1H/t21-,23+;/m0./s1. The minimum Gasteiger partial charge on any atom is -0.391 e. The molecular weight excluding hydrogens is 416 g/mol. The predicted octanol–water partition coefficient (Wildman–Crippen LogP) is 2.62. The Kier molecular flexibility index (Phi) is 8.21. The molecule has 1 saturated heterocycles. The van der Waals surface area contributed by atoms with Crippen molar-refractivity contribution < 1.29 is 19.4 Å². The quantitative estimate of drug-likeness (QED) is 0.669. The molecule has 2 atom stereocenters. The highest BCUT2D eigenvalue weighted by Gasteiger charge is 2.25. The molecule has 166 valence electrons. The van der Waals surface area contributed by atoms with Gasteiger partial charge in [0.2, 0.25) is 0 Å². The van der Waals surface area contributed by atoms with Crippen molar-refractivity contribution in [3.05, 3.63) is 70.8 Å². The van der Waals surface area contributed by atoms with Crippen molar-refractivity contribution in [2.45, 2.75) is 38.0 Å². The third-order valence-corrected chi connectivity index (χ3v) is 6.00. The van der Waals surface area contributed by atoms with Crippen LogP contribution in [-0.4, -0.2) is 60.1 Å². The molecule has 4 rings (SSSR count). The molecule has 0 bridgehead atoms. The fourth-order valence-corrected chi connectivity index (χ4v) is 4.12. The number of Topliss-reactive ketones (excluding diaryl/α,β-unsaturated/α-hetero) is 1. The Balaban J connectivity index is 0.00000272. The van der Waals surface area contributed by atoms with Gasteiger partial charge in [0.15, 0.2) is 5.78 Å². The first kappa shape index (κ1) is 23.4. The average molecular weight is 445 g/mol. The predicted molar refractivity (Wildman–Crippen MR) is 121 cm³/mol. The van der Waals surface area contributed by atoms with Crippen molar-refractivity contribution in [3.8, 4) is 0 Å². The smallest absolute Gasteiger partial charge is 0.254 e. The fraction of sp³-hybridized carbons (Fsp3) is 0.417. The van der Waals surface area contributed by atoms with Gasteiger partial charge in [0.1, 0.15) is 0 Å². The lowest BCUT2D eigenvalue weighted by Gasteiger charge is -2.29. The van der Waals surface area contributed by atoms with E-state index in [1.54, 1.807) is 29.2 Å². The van der Waals surface area contributed by atoms with Crippen LogP contribution in [0.4, 0.5) is 0 Å². The highest BCUT2D eigenvalue weighted by Crippen LogP contribution is 2.20. The average Bonchev–Trinajstić information content (AvgIpc) is 2.82. The number of morpholine rings is 1. The van der Waals surface area contributed by atoms with Crippen LogP contribution in [0.25, 0.3) is 0 Å². The number of nitrogens with one attached hydrogen (secondary N) is 1. The van der Waals surface area contributed by atoms with Crippen molar-refractivity contribution >= 4 is 24.1 Å². The molecule has 2 aromatic carbocycles. The first-order chi connectivity index (χ1) is 14.6. The molecule has 0 aromatic heterocycles. The molecule has 2 aromatic rings. The maximum atomic E-state index is 12.6. The molecule has 2 aliphatic rings. The first-order valence-corrected chi connectivity index (χ1v) is 10.6. The second kappa shape index (κ2) is 10.9. The summed E-state index contributed by atoms with van der Waals surface area (Å²) in [5, 5.41) is 14.0. The lowest BCUT2D eigenvalue weighted by molar-refractivity contribution is 0.0303. The topological polar surface area (TPSA) is 78.9 Å². The Hall–Kier alpha value is -2.25. The number of carbonyl (C=O) groups is 2. The second-order valence-electron chi connectivity index (χ2n) is 7.97. The molecule has 0 unspecified atom stereocenters. The van der Waals surface area contributed by atoms with Crippen LogP contribution in [-0.2, 0) is 17.7 Å². The molecule has 0 aliphatic carbocycles. The Morgan fingerprint density at radius 1 is 1.03 bits per heavy atom. The largest absolute Gasteiger partial charge is 0.391 e. The van der Waals surface area contributed by atoms with E-state index in [4.69, 9.17) is 4.74 Å². The summed E-state index contributed by atoms with van der Waals surface area (Å²) < 4.78 is 5.28. The number of ketones is 1. The van der Waals surface area contributed by atoms with Crippen LogP contribution in [0.2, 0.25) is 0 Å². The van der Waals surface area contributed by atoms with Gasteiger partial charge in [-0.2, -0.15) is 0 Å². The number of benzene rings is 2. The van der Waals surface area contributed by atoms with E-state index in [2.05, 4.69) is 17.4 Å². The summed E-state index contributed by atoms with van der Waals surface area (Å²) in [5.74, 6) is -0.0491. The summed E-state index contributed by atoms with van der Waals surface area (Å²) in [4.78, 5) is 26.8. The molecule has 2 heterocycles. The normalized spacial score (nSPS) is 19.1. The van der Waals surface area contributed by atoms with Gasteiger partial charge >= 0.3 is 0 Å². The highest BCUT2D eigenvalue weighted by atomic mass is 35.5. The maximum absolute atomic E-state index is 12.6. The van der Waals surface area contributed by atoms with Crippen LogP contribution in [0.1, 0.15) is 44.7 Å². The minimum absolute atomic E-state index is 0. The summed E-state index contributed by atoms with van der Waals surface area (Å²) in [7, 11) is 0. The summed E-state index contributed by atoms with van der Waals surface area (Å²) >= 11 is 0. The van der Waals surface area contributed by atoms with Crippen LogP contribution in [0.15, 0.2) is 48.5 Å². The number of aliphatic hydroxyl groups is 1. The van der Waals surface area contributed by atoms with Gasteiger partial charge in [-0.25, -0.2) is 0 Å². The molecule has 0 spiro atoms. The maximum Gasteiger partial charge on any atom is 0.254 e. The summed E-state index contributed by atoms with van der Waals surface area (Å²) in [6, 6.07) is 15.0. The van der Waals surface area contributed by atoms with Crippen molar-refractivity contribution in [2.75, 3.05) is 26.3 Å². The fourth-order valence-electron chi connectivity index (χ4n) is 4.12. The zero-order valence-corrected chi connectivity index (χ0v) is 18.3. The monoisotopic (exact) mass is 444 g/mol. The van der Waals surface area contributed by atoms with Gasteiger partial charge in [0.05, 0.1) is 19.3 Å². The van der Waals surface area contributed by atoms with E-state index < -0.39 is 6.10 Å². The Labute approximate surface area is 189 Å². The van der Waals surface area contributed by atoms with E-state index in [1.165, 1.54) is 11.1 Å². The number of rotatable bonds is 6. The number of ether oxygens (including phenoxy) is 1. The molecule has 1 amide bonds. The lowest BCUT2D eigenvalue weighted by Crippen LogP contribution is -2.44. The highest BCUT2D eigenvalue weighted by molar-refractivity contribution is 5.98. The summed E-state index contributed by atoms with van der Waals surface area (Å²) in [5.41, 5.74) is 3.68. The third-order valence-electron chi connectivity index (χ3n) is 6.00. The number of carbonyl (C=O) groups excluding carboxylic acids is 2. The lowest BCUT2D eigenvalue weighted by atomic mass is 9.90. The summed E-state index contributed by atoms with van der Waals surface area (Å²) in [6.45, 7) is 3.05. The number of hydrogen-bond acceptors (Lipinski definition) is 5. The van der Waals surface area contributed by atoms with Gasteiger partial charge in [0, 0.05) is 43.2 Å². The van der Waals surface area contributed by atoms with E-state index in [9.17, 15) is 14.7 Å². The molecule has 31 heavy (non-hydrogen) atoms. The molecule has 1 fully saturated rings. The molecular formula is C24H29ClN2O4. The SMILES string of the molecule is Cl.O=C(CC[C@@H](O)[C@@H]1Cc2ccccc2CN1)c1ccc(C(=O)N2CCOCC2)cc1. The van der Waals surface area contributed by atoms with Gasteiger partial charge in [-0.3, -0.25) is 9.59 Å². The van der Waals surface area contributed by atoms with Crippen molar-refractivity contribution in [1.29, 1.82) is 0 Å². The third kappa shape index (κ3) is 5.71. The summed E-state index contributed by atoms with van der Waals surface area (Å²) in [6.07, 6.45) is 0.874. The van der Waals surface area contributed by atoms with Gasteiger partial charge in [0.25, 0.3) is 5.91 Å². The zero-order chi connectivity index (χ0) is 20.9. The molecule has 2 N–H and O–H groups in total. The number of aliphatic hydroxyl groups excluding tert-OH is 1. The van der Waals surface area contributed by atoms with E-state index in [1.807, 2.05) is 12.1 Å². The number of nitrogens with zero attached hydrogens (tertiary/aromatic N) is 1. The van der Waals surface area contributed by atoms with Crippen molar-refractivity contribution in [3.63, 3.8) is 0 Å². The van der Waals surface area contributed by atoms with Crippen molar-refractivity contribution in [2.24, 2.45) is 0 Å². The van der Waals surface area contributed by atoms with Gasteiger partial charge < -0.3 is 20.1 Å². The Morgan fingerprint density at radius 2 is 1.68 bits per heavy atom. The van der Waals surface area contributed by atoms with E-state index in [0.29, 0.717) is 43.9 Å². The molecule has 0 saturated carbocycles.